The molecule has 0 saturated heterocycles. The Balaban J connectivity index is 2.19. The van der Waals surface area contributed by atoms with E-state index in [1.165, 1.54) is 12.5 Å². The molecule has 0 aliphatic carbocycles. The second-order valence-electron chi connectivity index (χ2n) is 4.34. The highest BCUT2D eigenvalue weighted by molar-refractivity contribution is 9.11. The molecule has 0 aliphatic heterocycles. The van der Waals surface area contributed by atoms with Crippen LogP contribution in [0.3, 0.4) is 0 Å². The van der Waals surface area contributed by atoms with Crippen LogP contribution in [0.25, 0.3) is 0 Å². The molecule has 0 bridgehead atoms. The van der Waals surface area contributed by atoms with E-state index in [1.54, 1.807) is 17.4 Å². The Morgan fingerprint density at radius 1 is 1.42 bits per heavy atom. The molecule has 1 aromatic carbocycles. The summed E-state index contributed by atoms with van der Waals surface area (Å²) in [5.74, 6) is 0.0258. The highest BCUT2D eigenvalue weighted by Crippen LogP contribution is 2.29. The Morgan fingerprint density at radius 3 is 2.68 bits per heavy atom. The van der Waals surface area contributed by atoms with Gasteiger partial charge >= 0.3 is 0 Å². The zero-order valence-corrected chi connectivity index (χ0v) is 13.8. The number of benzene rings is 1. The van der Waals surface area contributed by atoms with Gasteiger partial charge in [-0.15, -0.1) is 11.3 Å². The van der Waals surface area contributed by atoms with Crippen LogP contribution in [-0.2, 0) is 6.54 Å². The lowest BCUT2D eigenvalue weighted by molar-refractivity contribution is 0.101. The molecule has 2 nitrogen and oxygen atoms in total. The van der Waals surface area contributed by atoms with E-state index in [9.17, 15) is 4.79 Å². The standard InChI is InChI=1S/C14H13BrClNOS/c1-9(18)11-3-4-13(12(16)6-11)17(2)7-10-5-14(15)19-8-10/h3-6,8H,7H2,1-2H3. The number of nitrogens with zero attached hydrogens (tertiary/aromatic N) is 1. The largest absolute Gasteiger partial charge is 0.369 e. The molecule has 2 aromatic rings. The number of halogens is 2. The van der Waals surface area contributed by atoms with Crippen LogP contribution in [0.2, 0.25) is 5.02 Å². The van der Waals surface area contributed by atoms with Gasteiger partial charge < -0.3 is 4.90 Å². The predicted molar refractivity (Wildman–Crippen MR) is 85.6 cm³/mol. The lowest BCUT2D eigenvalue weighted by Crippen LogP contribution is -2.16. The van der Waals surface area contributed by atoms with Gasteiger partial charge in [-0.1, -0.05) is 11.6 Å². The van der Waals surface area contributed by atoms with Crippen molar-refractivity contribution in [3.8, 4) is 0 Å². The minimum Gasteiger partial charge on any atom is -0.369 e. The number of thiophene rings is 1. The van der Waals surface area contributed by atoms with Gasteiger partial charge in [0.25, 0.3) is 0 Å². The summed E-state index contributed by atoms with van der Waals surface area (Å²) in [6.45, 7) is 2.32. The molecule has 100 valence electrons. The summed E-state index contributed by atoms with van der Waals surface area (Å²) in [5.41, 5.74) is 2.79. The lowest BCUT2D eigenvalue weighted by atomic mass is 10.1. The highest BCUT2D eigenvalue weighted by Gasteiger charge is 2.10. The van der Waals surface area contributed by atoms with Crippen LogP contribution in [0.1, 0.15) is 22.8 Å². The molecular weight excluding hydrogens is 346 g/mol. The maximum Gasteiger partial charge on any atom is 0.159 e. The number of hydrogen-bond donors (Lipinski definition) is 0. The Morgan fingerprint density at radius 2 is 2.16 bits per heavy atom. The van der Waals surface area contributed by atoms with Crippen molar-refractivity contribution in [2.45, 2.75) is 13.5 Å². The molecule has 0 spiro atoms. The molecule has 0 amide bonds. The van der Waals surface area contributed by atoms with Crippen LogP contribution in [0.15, 0.2) is 33.4 Å². The summed E-state index contributed by atoms with van der Waals surface area (Å²) < 4.78 is 1.12. The molecule has 19 heavy (non-hydrogen) atoms. The average molecular weight is 359 g/mol. The number of anilines is 1. The fourth-order valence-electron chi connectivity index (χ4n) is 1.82. The molecule has 0 N–H and O–H groups in total. The first kappa shape index (κ1) is 14.6. The molecule has 0 atom stereocenters. The van der Waals surface area contributed by atoms with Crippen molar-refractivity contribution in [1.29, 1.82) is 0 Å². The molecule has 5 heteroatoms. The van der Waals surface area contributed by atoms with Crippen molar-refractivity contribution >= 4 is 50.3 Å². The van der Waals surface area contributed by atoms with Crippen molar-refractivity contribution in [3.05, 3.63) is 49.6 Å². The van der Waals surface area contributed by atoms with Gasteiger partial charge in [-0.3, -0.25) is 4.79 Å². The van der Waals surface area contributed by atoms with Gasteiger partial charge in [0.1, 0.15) is 0 Å². The molecule has 2 rings (SSSR count). The van der Waals surface area contributed by atoms with Gasteiger partial charge in [-0.05, 0) is 58.1 Å². The lowest BCUT2D eigenvalue weighted by Gasteiger charge is -2.20. The Kier molecular flexibility index (Phi) is 4.66. The minimum absolute atomic E-state index is 0.0258. The van der Waals surface area contributed by atoms with Gasteiger partial charge in [0, 0.05) is 19.2 Å². The zero-order chi connectivity index (χ0) is 14.0. The first-order valence-electron chi connectivity index (χ1n) is 5.72. The van der Waals surface area contributed by atoms with E-state index in [1.807, 2.05) is 19.2 Å². The third-order valence-electron chi connectivity index (χ3n) is 2.81. The fourth-order valence-corrected chi connectivity index (χ4v) is 3.35. The van der Waals surface area contributed by atoms with Crippen molar-refractivity contribution in [2.24, 2.45) is 0 Å². The van der Waals surface area contributed by atoms with Crippen LogP contribution >= 0.6 is 38.9 Å². The van der Waals surface area contributed by atoms with Gasteiger partial charge in [-0.25, -0.2) is 0 Å². The molecule has 0 saturated carbocycles. The van der Waals surface area contributed by atoms with Crippen molar-refractivity contribution in [1.82, 2.24) is 0 Å². The van der Waals surface area contributed by atoms with E-state index < -0.39 is 0 Å². The molecule has 1 aromatic heterocycles. The average Bonchev–Trinajstić information content (AvgIpc) is 2.74. The van der Waals surface area contributed by atoms with E-state index in [2.05, 4.69) is 32.3 Å². The molecule has 0 aliphatic rings. The van der Waals surface area contributed by atoms with E-state index in [4.69, 9.17) is 11.6 Å². The highest BCUT2D eigenvalue weighted by atomic mass is 79.9. The number of carbonyl (C=O) groups excluding carboxylic acids is 1. The van der Waals surface area contributed by atoms with Crippen LogP contribution in [0, 0.1) is 0 Å². The number of Topliss-reactive ketones (excluding diaryl/α,β-unsaturated/α-hetero) is 1. The minimum atomic E-state index is 0.0258. The Hall–Kier alpha value is -0.840. The first-order chi connectivity index (χ1) is 8.97. The summed E-state index contributed by atoms with van der Waals surface area (Å²) in [6.07, 6.45) is 0. The number of carbonyl (C=O) groups is 1. The summed E-state index contributed by atoms with van der Waals surface area (Å²) in [6, 6.07) is 7.52. The number of ketones is 1. The number of hydrogen-bond acceptors (Lipinski definition) is 3. The van der Waals surface area contributed by atoms with E-state index >= 15 is 0 Å². The fraction of sp³-hybridized carbons (Fsp3) is 0.214. The first-order valence-corrected chi connectivity index (χ1v) is 7.77. The van der Waals surface area contributed by atoms with Crippen molar-refractivity contribution in [3.63, 3.8) is 0 Å². The van der Waals surface area contributed by atoms with Gasteiger partial charge in [0.2, 0.25) is 0 Å². The summed E-state index contributed by atoms with van der Waals surface area (Å²) in [7, 11) is 1.99. The second kappa shape index (κ2) is 6.07. The monoisotopic (exact) mass is 357 g/mol. The predicted octanol–water partition coefficient (Wildman–Crippen LogP) is 5.00. The van der Waals surface area contributed by atoms with E-state index in [0.29, 0.717) is 10.6 Å². The van der Waals surface area contributed by atoms with Crippen LogP contribution in [0.5, 0.6) is 0 Å². The normalized spacial score (nSPS) is 10.5. The SMILES string of the molecule is CC(=O)c1ccc(N(C)Cc2csc(Br)c2)c(Cl)c1. The Labute approximate surface area is 130 Å². The maximum absolute atomic E-state index is 11.3. The third-order valence-corrected chi connectivity index (χ3v) is 4.66. The van der Waals surface area contributed by atoms with Crippen molar-refractivity contribution < 1.29 is 4.79 Å². The molecule has 0 radical (unpaired) electrons. The smallest absolute Gasteiger partial charge is 0.159 e. The van der Waals surface area contributed by atoms with Crippen LogP contribution in [-0.4, -0.2) is 12.8 Å². The summed E-state index contributed by atoms with van der Waals surface area (Å²) in [4.78, 5) is 13.4. The van der Waals surface area contributed by atoms with Crippen LogP contribution < -0.4 is 4.90 Å². The summed E-state index contributed by atoms with van der Waals surface area (Å²) in [5, 5.41) is 2.71. The summed E-state index contributed by atoms with van der Waals surface area (Å²) >= 11 is 11.4. The zero-order valence-electron chi connectivity index (χ0n) is 10.6. The third kappa shape index (κ3) is 3.59. The topological polar surface area (TPSA) is 20.3 Å². The van der Waals surface area contributed by atoms with E-state index in [-0.39, 0.29) is 5.78 Å². The Bertz CT molecular complexity index is 611. The van der Waals surface area contributed by atoms with Gasteiger partial charge in [0.05, 0.1) is 14.5 Å². The molecule has 1 heterocycles. The molecule has 0 fully saturated rings. The quantitative estimate of drug-likeness (QED) is 0.717. The van der Waals surface area contributed by atoms with E-state index in [0.717, 1.165) is 16.0 Å². The van der Waals surface area contributed by atoms with Gasteiger partial charge in [-0.2, -0.15) is 0 Å². The molecular formula is C14H13BrClNOS. The molecule has 0 unspecified atom stereocenters. The number of rotatable bonds is 4. The van der Waals surface area contributed by atoms with Crippen molar-refractivity contribution in [2.75, 3.05) is 11.9 Å². The maximum atomic E-state index is 11.3. The second-order valence-corrected chi connectivity index (χ2v) is 7.04. The van der Waals surface area contributed by atoms with Gasteiger partial charge in [0.15, 0.2) is 5.78 Å². The van der Waals surface area contributed by atoms with Crippen LogP contribution in [0.4, 0.5) is 5.69 Å².